The zero-order valence-electron chi connectivity index (χ0n) is 13.8. The smallest absolute Gasteiger partial charge is 0.0713 e. The van der Waals surface area contributed by atoms with Gasteiger partial charge >= 0.3 is 0 Å². The molecule has 0 aromatic heterocycles. The second kappa shape index (κ2) is 4.03. The van der Waals surface area contributed by atoms with E-state index >= 15 is 0 Å². The maximum atomic E-state index is 2.57. The summed E-state index contributed by atoms with van der Waals surface area (Å²) in [6, 6.07) is 0. The first kappa shape index (κ1) is 14.5. The van der Waals surface area contributed by atoms with Gasteiger partial charge in [-0.1, -0.05) is 73.4 Å². The minimum Gasteiger partial charge on any atom is -0.0713 e. The Morgan fingerprint density at radius 3 is 1.89 bits per heavy atom. The van der Waals surface area contributed by atoms with E-state index in [9.17, 15) is 0 Å². The molecule has 0 amide bonds. The highest BCUT2D eigenvalue weighted by atomic mass is 14.5. The van der Waals surface area contributed by atoms with E-state index in [2.05, 4.69) is 48.5 Å². The van der Waals surface area contributed by atoms with Crippen LogP contribution in [-0.4, -0.2) is 7.28 Å². The van der Waals surface area contributed by atoms with Crippen molar-refractivity contribution in [1.29, 1.82) is 0 Å². The molecular weight excluding hydrogens is 215 g/mol. The minimum atomic E-state index is 0.477. The monoisotopic (exact) mass is 248 g/mol. The Morgan fingerprint density at radius 1 is 0.722 bits per heavy atom. The molecule has 2 atom stereocenters. The van der Waals surface area contributed by atoms with Gasteiger partial charge in [0.2, 0.25) is 0 Å². The van der Waals surface area contributed by atoms with Crippen molar-refractivity contribution in [2.24, 2.45) is 21.7 Å². The molecule has 1 saturated carbocycles. The Balaban J connectivity index is 2.34. The van der Waals surface area contributed by atoms with Crippen LogP contribution in [0.1, 0.15) is 74.1 Å². The van der Waals surface area contributed by atoms with Gasteiger partial charge in [-0.25, -0.2) is 0 Å². The fourth-order valence-electron chi connectivity index (χ4n) is 4.42. The maximum Gasteiger partial charge on any atom is 0.124 e. The number of hydrogen-bond acceptors (Lipinski definition) is 0. The van der Waals surface area contributed by atoms with Crippen LogP contribution in [0.15, 0.2) is 0 Å². The molecule has 0 aromatic carbocycles. The lowest BCUT2D eigenvalue weighted by Gasteiger charge is -2.46. The normalized spacial score (nSPS) is 41.4. The molecule has 1 heterocycles. The van der Waals surface area contributed by atoms with Crippen LogP contribution in [0.25, 0.3) is 0 Å². The van der Waals surface area contributed by atoms with Crippen LogP contribution in [0.4, 0.5) is 0 Å². The molecule has 2 aliphatic rings. The fraction of sp³-hybridized carbons (Fsp3) is 1.00. The lowest BCUT2D eigenvalue weighted by Crippen LogP contribution is -2.36. The quantitative estimate of drug-likeness (QED) is 0.510. The highest BCUT2D eigenvalue weighted by Gasteiger charge is 2.51. The van der Waals surface area contributed by atoms with Crippen LogP contribution in [0.5, 0.6) is 0 Å². The standard InChI is InChI=1S/C17H33B/c1-14(2)8-9-15(3,4)17(7)11-13(18-12-17)10-16(14,5)6/h13,18H,8-12H2,1-7H3. The molecule has 1 saturated heterocycles. The lowest BCUT2D eigenvalue weighted by atomic mass is 9.53. The van der Waals surface area contributed by atoms with Crippen LogP contribution in [0.3, 0.4) is 0 Å². The first-order valence-corrected chi connectivity index (χ1v) is 7.99. The summed E-state index contributed by atoms with van der Waals surface area (Å²) in [6.07, 6.45) is 7.15. The van der Waals surface area contributed by atoms with Gasteiger partial charge in [0.05, 0.1) is 0 Å². The summed E-state index contributed by atoms with van der Waals surface area (Å²) in [4.78, 5) is 0. The molecular formula is C17H33B. The molecule has 2 fully saturated rings. The van der Waals surface area contributed by atoms with Crippen molar-refractivity contribution in [3.05, 3.63) is 0 Å². The second-order valence-electron chi connectivity index (χ2n) is 9.53. The largest absolute Gasteiger partial charge is 0.124 e. The van der Waals surface area contributed by atoms with Gasteiger partial charge in [-0.2, -0.15) is 0 Å². The van der Waals surface area contributed by atoms with Gasteiger partial charge in [0.15, 0.2) is 0 Å². The summed E-state index contributed by atoms with van der Waals surface area (Å²) in [7, 11) is 1.47. The van der Waals surface area contributed by atoms with Crippen LogP contribution in [0, 0.1) is 21.7 Å². The summed E-state index contributed by atoms with van der Waals surface area (Å²) in [5.74, 6) is 0.974. The molecule has 18 heavy (non-hydrogen) atoms. The third kappa shape index (κ3) is 2.16. The molecule has 104 valence electrons. The van der Waals surface area contributed by atoms with Crippen molar-refractivity contribution >= 4 is 7.28 Å². The molecule has 2 unspecified atom stereocenters. The molecule has 1 aliphatic heterocycles. The van der Waals surface area contributed by atoms with E-state index in [0.717, 1.165) is 5.82 Å². The Morgan fingerprint density at radius 2 is 1.28 bits per heavy atom. The molecule has 0 N–H and O–H groups in total. The number of rotatable bonds is 0. The maximum absolute atomic E-state index is 2.57. The van der Waals surface area contributed by atoms with E-state index in [0.29, 0.717) is 21.7 Å². The summed E-state index contributed by atoms with van der Waals surface area (Å²) in [5, 5.41) is 0. The first-order valence-electron chi connectivity index (χ1n) is 7.99. The summed E-state index contributed by atoms with van der Waals surface area (Å²) in [6.45, 7) is 17.7. The van der Waals surface area contributed by atoms with Crippen molar-refractivity contribution < 1.29 is 0 Å². The molecule has 2 bridgehead atoms. The molecule has 0 aromatic rings. The summed E-state index contributed by atoms with van der Waals surface area (Å²) >= 11 is 0. The van der Waals surface area contributed by atoms with Gasteiger partial charge in [-0.3, -0.25) is 0 Å². The van der Waals surface area contributed by atoms with Crippen molar-refractivity contribution in [3.8, 4) is 0 Å². The highest BCUT2D eigenvalue weighted by molar-refractivity contribution is 6.39. The van der Waals surface area contributed by atoms with Gasteiger partial charge < -0.3 is 0 Å². The van der Waals surface area contributed by atoms with Gasteiger partial charge in [0.25, 0.3) is 0 Å². The van der Waals surface area contributed by atoms with Crippen LogP contribution < -0.4 is 0 Å². The van der Waals surface area contributed by atoms with Crippen LogP contribution >= 0.6 is 0 Å². The van der Waals surface area contributed by atoms with E-state index in [4.69, 9.17) is 0 Å². The van der Waals surface area contributed by atoms with Crippen molar-refractivity contribution in [2.75, 3.05) is 0 Å². The van der Waals surface area contributed by atoms with E-state index in [1.165, 1.54) is 39.3 Å². The highest BCUT2D eigenvalue weighted by Crippen LogP contribution is 2.61. The molecule has 1 heteroatoms. The Labute approximate surface area is 116 Å². The van der Waals surface area contributed by atoms with Gasteiger partial charge in [0, 0.05) is 0 Å². The Hall–Kier alpha value is 0.0649. The molecule has 0 nitrogen and oxygen atoms in total. The number of hydrogen-bond donors (Lipinski definition) is 0. The zero-order chi connectivity index (χ0) is 13.8. The summed E-state index contributed by atoms with van der Waals surface area (Å²) < 4.78 is 0. The van der Waals surface area contributed by atoms with Gasteiger partial charge in [0.1, 0.15) is 7.28 Å². The minimum absolute atomic E-state index is 0.477. The zero-order valence-corrected chi connectivity index (χ0v) is 13.8. The first-order chi connectivity index (χ1) is 7.99. The molecule has 0 radical (unpaired) electrons. The second-order valence-corrected chi connectivity index (χ2v) is 9.53. The van der Waals surface area contributed by atoms with E-state index in [1.807, 2.05) is 0 Å². The fourth-order valence-corrected chi connectivity index (χ4v) is 4.42. The van der Waals surface area contributed by atoms with E-state index in [1.54, 1.807) is 0 Å². The summed E-state index contributed by atoms with van der Waals surface area (Å²) in [5.41, 5.74) is 2.07. The molecule has 2 rings (SSSR count). The average Bonchev–Trinajstić information content (AvgIpc) is 2.57. The van der Waals surface area contributed by atoms with Crippen molar-refractivity contribution in [2.45, 2.75) is 86.3 Å². The molecule has 1 aliphatic carbocycles. The number of fused-ring (bicyclic) bond motifs is 2. The van der Waals surface area contributed by atoms with Crippen LogP contribution in [-0.2, 0) is 0 Å². The Bertz CT molecular complexity index is 327. The van der Waals surface area contributed by atoms with Crippen LogP contribution in [0.2, 0.25) is 12.1 Å². The predicted molar refractivity (Wildman–Crippen MR) is 83.6 cm³/mol. The van der Waals surface area contributed by atoms with Crippen molar-refractivity contribution in [3.63, 3.8) is 0 Å². The topological polar surface area (TPSA) is 0 Å². The van der Waals surface area contributed by atoms with Crippen molar-refractivity contribution in [1.82, 2.24) is 0 Å². The van der Waals surface area contributed by atoms with Gasteiger partial charge in [-0.15, -0.1) is 0 Å². The predicted octanol–water partition coefficient (Wildman–Crippen LogP) is 5.30. The molecule has 0 spiro atoms. The van der Waals surface area contributed by atoms with Gasteiger partial charge in [-0.05, 0) is 34.5 Å². The van der Waals surface area contributed by atoms with E-state index in [-0.39, 0.29) is 0 Å². The average molecular weight is 248 g/mol. The lowest BCUT2D eigenvalue weighted by molar-refractivity contribution is 0.0568. The van der Waals surface area contributed by atoms with E-state index < -0.39 is 0 Å². The Kier molecular flexibility index (Phi) is 3.24. The SMILES string of the molecule is CC1(C)CCC(C)(C)C2(C)CBC(CC1(C)C)C2. The third-order valence-corrected chi connectivity index (χ3v) is 7.48. The third-order valence-electron chi connectivity index (χ3n) is 7.48.